The molecule has 0 bridgehead atoms. The fraction of sp³-hybridized carbons (Fsp3) is 0.636. The van der Waals surface area contributed by atoms with Crippen molar-refractivity contribution in [1.82, 2.24) is 9.97 Å². The summed E-state index contributed by atoms with van der Waals surface area (Å²) < 4.78 is 0. The third-order valence-electron chi connectivity index (χ3n) is 3.12. The molecule has 90 valence electrons. The van der Waals surface area contributed by atoms with Crippen LogP contribution in [0.15, 0.2) is 12.4 Å². The van der Waals surface area contributed by atoms with Crippen LogP contribution in [0.3, 0.4) is 0 Å². The molecule has 16 heavy (non-hydrogen) atoms. The lowest BCUT2D eigenvalue weighted by molar-refractivity contribution is 0.127. The molecule has 1 rings (SSSR count). The van der Waals surface area contributed by atoms with Gasteiger partial charge in [-0.1, -0.05) is 25.4 Å². The quantitative estimate of drug-likeness (QED) is 0.805. The normalized spacial score (nSPS) is 11.5. The van der Waals surface area contributed by atoms with Crippen molar-refractivity contribution in [3.63, 3.8) is 0 Å². The predicted octanol–water partition coefficient (Wildman–Crippen LogP) is 2.34. The van der Waals surface area contributed by atoms with E-state index < -0.39 is 0 Å². The van der Waals surface area contributed by atoms with E-state index in [1.807, 2.05) is 0 Å². The number of aliphatic hydroxyl groups is 1. The van der Waals surface area contributed by atoms with Crippen LogP contribution >= 0.6 is 11.6 Å². The van der Waals surface area contributed by atoms with E-state index in [-0.39, 0.29) is 12.0 Å². The molecule has 0 aliphatic heterocycles. The first-order valence-electron chi connectivity index (χ1n) is 5.48. The highest BCUT2D eigenvalue weighted by atomic mass is 35.5. The maximum absolute atomic E-state index is 9.41. The van der Waals surface area contributed by atoms with Crippen molar-refractivity contribution >= 4 is 17.4 Å². The van der Waals surface area contributed by atoms with Crippen molar-refractivity contribution in [3.8, 4) is 0 Å². The van der Waals surface area contributed by atoms with Gasteiger partial charge in [-0.05, 0) is 12.8 Å². The van der Waals surface area contributed by atoms with Crippen molar-refractivity contribution in [2.24, 2.45) is 5.41 Å². The summed E-state index contributed by atoms with van der Waals surface area (Å²) >= 11 is 5.88. The summed E-state index contributed by atoms with van der Waals surface area (Å²) in [5, 5.41) is 12.9. The lowest BCUT2D eigenvalue weighted by atomic mass is 9.83. The molecule has 1 heterocycles. The van der Waals surface area contributed by atoms with Crippen LogP contribution in [-0.2, 0) is 0 Å². The average Bonchev–Trinajstić information content (AvgIpc) is 2.34. The minimum atomic E-state index is -0.110. The second-order valence-electron chi connectivity index (χ2n) is 3.91. The number of hydrogen-bond donors (Lipinski definition) is 2. The van der Waals surface area contributed by atoms with Gasteiger partial charge >= 0.3 is 0 Å². The number of halogens is 1. The SMILES string of the molecule is CCC(CC)(CO)CNc1nccnc1Cl. The molecule has 0 aromatic carbocycles. The van der Waals surface area contributed by atoms with E-state index in [9.17, 15) is 5.11 Å². The van der Waals surface area contributed by atoms with Crippen LogP contribution in [0.4, 0.5) is 5.82 Å². The fourth-order valence-electron chi connectivity index (χ4n) is 1.49. The van der Waals surface area contributed by atoms with Crippen molar-refractivity contribution in [2.45, 2.75) is 26.7 Å². The molecule has 0 saturated carbocycles. The summed E-state index contributed by atoms with van der Waals surface area (Å²) in [6, 6.07) is 0. The van der Waals surface area contributed by atoms with Crippen LogP contribution in [0, 0.1) is 5.41 Å². The second-order valence-corrected chi connectivity index (χ2v) is 4.27. The molecular formula is C11H18ClN3O. The van der Waals surface area contributed by atoms with Gasteiger partial charge in [-0.3, -0.25) is 0 Å². The van der Waals surface area contributed by atoms with Crippen LogP contribution in [0.1, 0.15) is 26.7 Å². The lowest BCUT2D eigenvalue weighted by Gasteiger charge is -2.29. The van der Waals surface area contributed by atoms with Gasteiger partial charge in [-0.25, -0.2) is 9.97 Å². The molecule has 0 fully saturated rings. The third-order valence-corrected chi connectivity index (χ3v) is 3.40. The van der Waals surface area contributed by atoms with E-state index in [0.717, 1.165) is 12.8 Å². The Labute approximate surface area is 101 Å². The number of aliphatic hydroxyl groups excluding tert-OH is 1. The number of rotatable bonds is 6. The molecule has 4 nitrogen and oxygen atoms in total. The second kappa shape index (κ2) is 6.01. The molecule has 0 radical (unpaired) electrons. The predicted molar refractivity (Wildman–Crippen MR) is 65.6 cm³/mol. The first-order chi connectivity index (χ1) is 7.67. The van der Waals surface area contributed by atoms with Crippen LogP contribution in [0.2, 0.25) is 5.15 Å². The van der Waals surface area contributed by atoms with E-state index in [4.69, 9.17) is 11.6 Å². The van der Waals surface area contributed by atoms with Crippen molar-refractivity contribution < 1.29 is 5.11 Å². The zero-order valence-electron chi connectivity index (χ0n) is 9.70. The summed E-state index contributed by atoms with van der Waals surface area (Å²) in [4.78, 5) is 8.03. The van der Waals surface area contributed by atoms with Gasteiger partial charge in [-0.15, -0.1) is 0 Å². The molecule has 2 N–H and O–H groups in total. The summed E-state index contributed by atoms with van der Waals surface area (Å²) in [6.45, 7) is 4.94. The summed E-state index contributed by atoms with van der Waals surface area (Å²) in [5.74, 6) is 0.573. The average molecular weight is 244 g/mol. The van der Waals surface area contributed by atoms with Gasteiger partial charge in [0.2, 0.25) is 0 Å². The van der Waals surface area contributed by atoms with E-state index in [1.54, 1.807) is 12.4 Å². The number of nitrogens with one attached hydrogen (secondary N) is 1. The Morgan fingerprint density at radius 2 is 1.94 bits per heavy atom. The first-order valence-corrected chi connectivity index (χ1v) is 5.86. The molecular weight excluding hydrogens is 226 g/mol. The van der Waals surface area contributed by atoms with Gasteiger partial charge < -0.3 is 10.4 Å². The monoisotopic (exact) mass is 243 g/mol. The van der Waals surface area contributed by atoms with Gasteiger partial charge in [0.25, 0.3) is 0 Å². The minimum absolute atomic E-state index is 0.110. The van der Waals surface area contributed by atoms with Crippen molar-refractivity contribution in [1.29, 1.82) is 0 Å². The lowest BCUT2D eigenvalue weighted by Crippen LogP contribution is -2.32. The van der Waals surface area contributed by atoms with Crippen LogP contribution in [0.5, 0.6) is 0 Å². The Morgan fingerprint density at radius 1 is 1.31 bits per heavy atom. The van der Waals surface area contributed by atoms with E-state index in [2.05, 4.69) is 29.1 Å². The van der Waals surface area contributed by atoms with E-state index in [0.29, 0.717) is 17.5 Å². The smallest absolute Gasteiger partial charge is 0.171 e. The summed E-state index contributed by atoms with van der Waals surface area (Å²) in [7, 11) is 0. The highest BCUT2D eigenvalue weighted by Gasteiger charge is 2.25. The molecule has 0 aliphatic carbocycles. The number of aromatic nitrogens is 2. The Kier molecular flexibility index (Phi) is 4.96. The van der Waals surface area contributed by atoms with Crippen LogP contribution in [0.25, 0.3) is 0 Å². The van der Waals surface area contributed by atoms with E-state index in [1.165, 1.54) is 0 Å². The van der Waals surface area contributed by atoms with Crippen molar-refractivity contribution in [2.75, 3.05) is 18.5 Å². The minimum Gasteiger partial charge on any atom is -0.396 e. The molecule has 0 unspecified atom stereocenters. The number of hydrogen-bond acceptors (Lipinski definition) is 4. The number of nitrogens with zero attached hydrogens (tertiary/aromatic N) is 2. The fourth-order valence-corrected chi connectivity index (χ4v) is 1.66. The third kappa shape index (κ3) is 3.06. The molecule has 5 heteroatoms. The summed E-state index contributed by atoms with van der Waals surface area (Å²) in [5.41, 5.74) is -0.110. The van der Waals surface area contributed by atoms with E-state index >= 15 is 0 Å². The Morgan fingerprint density at radius 3 is 2.44 bits per heavy atom. The maximum Gasteiger partial charge on any atom is 0.171 e. The Hall–Kier alpha value is -0.870. The Balaban J connectivity index is 2.66. The molecule has 0 spiro atoms. The zero-order chi connectivity index (χ0) is 12.0. The largest absolute Gasteiger partial charge is 0.396 e. The molecule has 1 aromatic heterocycles. The van der Waals surface area contributed by atoms with Gasteiger partial charge in [-0.2, -0.15) is 0 Å². The summed E-state index contributed by atoms with van der Waals surface area (Å²) in [6.07, 6.45) is 4.95. The van der Waals surface area contributed by atoms with Crippen LogP contribution < -0.4 is 5.32 Å². The number of anilines is 1. The van der Waals surface area contributed by atoms with Gasteiger partial charge in [0.1, 0.15) is 0 Å². The molecule has 1 aromatic rings. The molecule has 0 atom stereocenters. The topological polar surface area (TPSA) is 58.0 Å². The van der Waals surface area contributed by atoms with Gasteiger partial charge in [0, 0.05) is 24.4 Å². The standard InChI is InChI=1S/C11H18ClN3O/c1-3-11(4-2,8-16)7-15-10-9(12)13-5-6-14-10/h5-6,16H,3-4,7-8H2,1-2H3,(H,14,15). The van der Waals surface area contributed by atoms with Crippen LogP contribution in [-0.4, -0.2) is 28.2 Å². The Bertz CT molecular complexity index is 320. The molecule has 0 aliphatic rings. The molecule has 0 amide bonds. The zero-order valence-corrected chi connectivity index (χ0v) is 10.5. The molecule has 0 saturated heterocycles. The van der Waals surface area contributed by atoms with Crippen molar-refractivity contribution in [3.05, 3.63) is 17.5 Å². The maximum atomic E-state index is 9.41. The first kappa shape index (κ1) is 13.2. The highest BCUT2D eigenvalue weighted by molar-refractivity contribution is 6.31. The highest BCUT2D eigenvalue weighted by Crippen LogP contribution is 2.26. The van der Waals surface area contributed by atoms with Gasteiger partial charge in [0.15, 0.2) is 11.0 Å². The van der Waals surface area contributed by atoms with Gasteiger partial charge in [0.05, 0.1) is 6.61 Å².